The van der Waals surface area contributed by atoms with Crippen molar-refractivity contribution in [2.24, 2.45) is 5.92 Å². The Morgan fingerprint density at radius 1 is 1.21 bits per heavy atom. The van der Waals surface area contributed by atoms with Gasteiger partial charge in [-0.1, -0.05) is 24.6 Å². The Bertz CT molecular complexity index is 1500. The van der Waals surface area contributed by atoms with E-state index in [1.165, 1.54) is 50.2 Å². The molecular formula is C32H37ClFN5O4. The summed E-state index contributed by atoms with van der Waals surface area (Å²) in [7, 11) is 0. The van der Waals surface area contributed by atoms with Crippen LogP contribution in [0.5, 0.6) is 5.75 Å². The standard InChI is InChI=1S/C32H37ClFN5O4/c1-20-10-12-32(13-11-20)17-22(39-32)18-43-28-16-26-23(15-27(28)38-29(40)6-4-2-3-5-7-30(41)42)31(36-19-35-26)37-21-8-9-25(34)24(33)14-21/h4,6,8-9,14-16,19-20,22,39H,2-3,5,7,10-13,17-18H2,1H3,(H,38,40)(H,41,42)(H,35,36,37)/b6-4+. The topological polar surface area (TPSA) is 125 Å². The van der Waals surface area contributed by atoms with Crippen molar-refractivity contribution < 1.29 is 23.8 Å². The lowest BCUT2D eigenvalue weighted by Crippen LogP contribution is -2.66. The van der Waals surface area contributed by atoms with E-state index in [9.17, 15) is 14.0 Å². The van der Waals surface area contributed by atoms with Crippen LogP contribution in [0, 0.1) is 11.7 Å². The molecule has 1 aromatic heterocycles. The predicted octanol–water partition coefficient (Wildman–Crippen LogP) is 7.00. The molecule has 1 aliphatic carbocycles. The Hall–Kier alpha value is -3.76. The number of hydrogen-bond acceptors (Lipinski definition) is 7. The molecule has 11 heteroatoms. The van der Waals surface area contributed by atoms with Crippen LogP contribution in [-0.2, 0) is 9.59 Å². The highest BCUT2D eigenvalue weighted by atomic mass is 35.5. The van der Waals surface area contributed by atoms with Crippen LogP contribution in [-0.4, -0.2) is 45.1 Å². The number of fused-ring (bicyclic) bond motifs is 1. The average molecular weight is 610 g/mol. The first-order chi connectivity index (χ1) is 20.7. The third-order valence-corrected chi connectivity index (χ3v) is 8.57. The van der Waals surface area contributed by atoms with E-state index in [4.69, 9.17) is 21.4 Å². The van der Waals surface area contributed by atoms with Gasteiger partial charge in [0.2, 0.25) is 5.91 Å². The van der Waals surface area contributed by atoms with Gasteiger partial charge in [-0.05, 0) is 87.6 Å². The molecule has 1 atom stereocenters. The van der Waals surface area contributed by atoms with Gasteiger partial charge < -0.3 is 25.8 Å². The summed E-state index contributed by atoms with van der Waals surface area (Å²) in [6.45, 7) is 2.77. The molecule has 4 N–H and O–H groups in total. The molecule has 2 fully saturated rings. The summed E-state index contributed by atoms with van der Waals surface area (Å²) in [5, 5.41) is 19.2. The van der Waals surface area contributed by atoms with Gasteiger partial charge in [0, 0.05) is 35.1 Å². The van der Waals surface area contributed by atoms with Crippen molar-refractivity contribution in [3.8, 4) is 5.75 Å². The molecule has 0 bridgehead atoms. The Morgan fingerprint density at radius 2 is 2.00 bits per heavy atom. The number of hydrogen-bond donors (Lipinski definition) is 4. The largest absolute Gasteiger partial charge is 0.490 e. The van der Waals surface area contributed by atoms with Crippen molar-refractivity contribution in [2.75, 3.05) is 17.2 Å². The van der Waals surface area contributed by atoms with E-state index in [2.05, 4.69) is 32.8 Å². The molecule has 1 saturated carbocycles. The molecule has 228 valence electrons. The maximum atomic E-state index is 13.7. The van der Waals surface area contributed by atoms with Gasteiger partial charge in [-0.3, -0.25) is 9.59 Å². The lowest BCUT2D eigenvalue weighted by Gasteiger charge is -2.52. The molecule has 9 nitrogen and oxygen atoms in total. The van der Waals surface area contributed by atoms with Gasteiger partial charge in [0.05, 0.1) is 16.2 Å². The number of anilines is 3. The number of carboxylic acids is 1. The maximum absolute atomic E-state index is 13.7. The number of benzene rings is 2. The van der Waals surface area contributed by atoms with E-state index >= 15 is 0 Å². The van der Waals surface area contributed by atoms with E-state index in [1.54, 1.807) is 24.3 Å². The number of nitrogens with zero attached hydrogens (tertiary/aromatic N) is 2. The molecule has 1 unspecified atom stereocenters. The zero-order valence-corrected chi connectivity index (χ0v) is 24.9. The quantitative estimate of drug-likeness (QED) is 0.128. The van der Waals surface area contributed by atoms with Gasteiger partial charge in [-0.25, -0.2) is 14.4 Å². The minimum Gasteiger partial charge on any atom is -0.490 e. The average Bonchev–Trinajstić information content (AvgIpc) is 2.95. The van der Waals surface area contributed by atoms with Crippen LogP contribution in [0.25, 0.3) is 10.9 Å². The first-order valence-electron chi connectivity index (χ1n) is 14.8. The minimum absolute atomic E-state index is 0.0177. The maximum Gasteiger partial charge on any atom is 0.303 e. The number of carbonyl (C=O) groups excluding carboxylic acids is 1. The van der Waals surface area contributed by atoms with Crippen molar-refractivity contribution in [1.82, 2.24) is 15.3 Å². The summed E-state index contributed by atoms with van der Waals surface area (Å²) in [6, 6.07) is 8.06. The first-order valence-corrected chi connectivity index (χ1v) is 15.2. The summed E-state index contributed by atoms with van der Waals surface area (Å²) >= 11 is 5.97. The van der Waals surface area contributed by atoms with Crippen molar-refractivity contribution in [2.45, 2.75) is 76.3 Å². The van der Waals surface area contributed by atoms with E-state index in [0.717, 1.165) is 12.3 Å². The van der Waals surface area contributed by atoms with Crippen molar-refractivity contribution in [1.29, 1.82) is 0 Å². The molecule has 1 aliphatic heterocycles. The number of ether oxygens (including phenoxy) is 1. The monoisotopic (exact) mass is 609 g/mol. The van der Waals surface area contributed by atoms with Crippen LogP contribution in [0.15, 0.2) is 48.8 Å². The van der Waals surface area contributed by atoms with Gasteiger partial charge in [-0.15, -0.1) is 0 Å². The number of allylic oxidation sites excluding steroid dienone is 1. The predicted molar refractivity (Wildman–Crippen MR) is 166 cm³/mol. The Morgan fingerprint density at radius 3 is 2.74 bits per heavy atom. The van der Waals surface area contributed by atoms with Gasteiger partial charge in [0.15, 0.2) is 0 Å². The second-order valence-corrected chi connectivity index (χ2v) is 12.1. The number of amides is 1. The van der Waals surface area contributed by atoms with Gasteiger partial charge in [-0.2, -0.15) is 0 Å². The SMILES string of the molecule is CC1CCC2(CC1)CC(COc1cc3ncnc(Nc4ccc(F)c(Cl)c4)c3cc1NC(=O)/C=C/CCCCC(=O)O)N2. The molecule has 1 spiro atoms. The van der Waals surface area contributed by atoms with E-state index in [1.807, 2.05) is 0 Å². The Kier molecular flexibility index (Phi) is 9.77. The zero-order valence-electron chi connectivity index (χ0n) is 24.2. The third-order valence-electron chi connectivity index (χ3n) is 8.28. The second-order valence-electron chi connectivity index (χ2n) is 11.7. The fourth-order valence-electron chi connectivity index (χ4n) is 5.85. The van der Waals surface area contributed by atoms with E-state index in [-0.39, 0.29) is 28.9 Å². The lowest BCUT2D eigenvalue weighted by molar-refractivity contribution is -0.137. The second kappa shape index (κ2) is 13.7. The molecule has 3 aromatic rings. The number of carbonyl (C=O) groups is 2. The Labute approximate surface area is 255 Å². The molecule has 1 saturated heterocycles. The highest BCUT2D eigenvalue weighted by Crippen LogP contribution is 2.41. The first kappa shape index (κ1) is 30.7. The van der Waals surface area contributed by atoms with Gasteiger partial charge in [0.1, 0.15) is 30.3 Å². The molecule has 1 amide bonds. The fraction of sp³-hybridized carbons (Fsp3) is 0.438. The number of nitrogens with one attached hydrogen (secondary N) is 3. The van der Waals surface area contributed by atoms with Crippen LogP contribution in [0.1, 0.15) is 64.7 Å². The highest BCUT2D eigenvalue weighted by molar-refractivity contribution is 6.31. The number of halogens is 2. The molecular weight excluding hydrogens is 573 g/mol. The van der Waals surface area contributed by atoms with Crippen molar-refractivity contribution >= 4 is 51.6 Å². The number of unbranched alkanes of at least 4 members (excludes halogenated alkanes) is 2. The highest BCUT2D eigenvalue weighted by Gasteiger charge is 2.45. The smallest absolute Gasteiger partial charge is 0.303 e. The van der Waals surface area contributed by atoms with Crippen LogP contribution < -0.4 is 20.7 Å². The summed E-state index contributed by atoms with van der Waals surface area (Å²) in [5.41, 5.74) is 1.84. The summed E-state index contributed by atoms with van der Waals surface area (Å²) < 4.78 is 20.0. The molecule has 2 aromatic carbocycles. The lowest BCUT2D eigenvalue weighted by atomic mass is 9.69. The molecule has 2 aliphatic rings. The number of aliphatic carboxylic acids is 1. The third kappa shape index (κ3) is 8.00. The molecule has 2 heterocycles. The normalized spacial score (nSPS) is 21.6. The summed E-state index contributed by atoms with van der Waals surface area (Å²) in [4.78, 5) is 32.4. The summed E-state index contributed by atoms with van der Waals surface area (Å²) in [6.07, 6.45) is 12.5. The fourth-order valence-corrected chi connectivity index (χ4v) is 6.03. The van der Waals surface area contributed by atoms with E-state index < -0.39 is 11.8 Å². The van der Waals surface area contributed by atoms with Gasteiger partial charge in [0.25, 0.3) is 0 Å². The van der Waals surface area contributed by atoms with Crippen LogP contribution in [0.4, 0.5) is 21.6 Å². The molecule has 5 rings (SSSR count). The van der Waals surface area contributed by atoms with Crippen LogP contribution >= 0.6 is 11.6 Å². The van der Waals surface area contributed by atoms with Crippen molar-refractivity contribution in [3.05, 3.63) is 59.7 Å². The summed E-state index contributed by atoms with van der Waals surface area (Å²) in [5.74, 6) is 0.0452. The van der Waals surface area contributed by atoms with Crippen LogP contribution in [0.2, 0.25) is 5.02 Å². The van der Waals surface area contributed by atoms with Crippen molar-refractivity contribution in [3.63, 3.8) is 0 Å². The molecule has 43 heavy (non-hydrogen) atoms. The number of aromatic nitrogens is 2. The zero-order chi connectivity index (χ0) is 30.4. The van der Waals surface area contributed by atoms with Crippen LogP contribution in [0.3, 0.4) is 0 Å². The Balaban J connectivity index is 1.32. The van der Waals surface area contributed by atoms with E-state index in [0.29, 0.717) is 59.7 Å². The number of rotatable bonds is 12. The van der Waals surface area contributed by atoms with Gasteiger partial charge >= 0.3 is 5.97 Å². The molecule has 0 radical (unpaired) electrons. The number of carboxylic acid groups (broad SMARTS) is 1. The minimum atomic E-state index is -0.827.